The minimum atomic E-state index is -0.433. The van der Waals surface area contributed by atoms with Crippen LogP contribution in [-0.4, -0.2) is 23.9 Å². The minimum absolute atomic E-state index is 0.120. The summed E-state index contributed by atoms with van der Waals surface area (Å²) in [6, 6.07) is 6.68. The highest BCUT2D eigenvalue weighted by Gasteiger charge is 2.14. The summed E-state index contributed by atoms with van der Waals surface area (Å²) in [5, 5.41) is 8.91. The minimum Gasteiger partial charge on any atom is -0.491 e. The van der Waals surface area contributed by atoms with E-state index in [-0.39, 0.29) is 18.8 Å². The molecule has 1 aromatic rings. The van der Waals surface area contributed by atoms with E-state index in [1.54, 1.807) is 0 Å². The summed E-state index contributed by atoms with van der Waals surface area (Å²) in [4.78, 5) is 0. The molecule has 1 aromatic carbocycles. The van der Waals surface area contributed by atoms with Crippen molar-refractivity contribution in [3.05, 3.63) is 29.8 Å². The van der Waals surface area contributed by atoms with E-state index in [0.29, 0.717) is 0 Å². The van der Waals surface area contributed by atoms with Gasteiger partial charge in [-0.2, -0.15) is 0 Å². The normalized spacial score (nSPS) is 14.9. The molecular weight excluding hydrogens is 204 g/mol. The predicted octanol–water partition coefficient (Wildman–Crippen LogP) is 0.793. The molecule has 0 saturated carbocycles. The lowest BCUT2D eigenvalue weighted by atomic mass is 10.0. The van der Waals surface area contributed by atoms with Gasteiger partial charge in [-0.25, -0.2) is 0 Å². The fourth-order valence-electron chi connectivity index (χ4n) is 1.40. The molecule has 16 heavy (non-hydrogen) atoms. The standard InChI is InChI=1S/C12H20N2O2/c1-8(2)16-10-5-3-9(4-6-10)12(14)11(13)7-15/h3-6,8,11-12,15H,7,13-14H2,1-2H3. The van der Waals surface area contributed by atoms with E-state index in [1.807, 2.05) is 38.1 Å². The zero-order valence-corrected chi connectivity index (χ0v) is 9.76. The average Bonchev–Trinajstić information content (AvgIpc) is 2.27. The molecule has 0 fully saturated rings. The Hall–Kier alpha value is -1.10. The monoisotopic (exact) mass is 224 g/mol. The first-order valence-electron chi connectivity index (χ1n) is 5.43. The summed E-state index contributed by atoms with van der Waals surface area (Å²) >= 11 is 0. The van der Waals surface area contributed by atoms with Crippen LogP contribution in [0.25, 0.3) is 0 Å². The van der Waals surface area contributed by atoms with Crippen LogP contribution in [-0.2, 0) is 0 Å². The van der Waals surface area contributed by atoms with Crippen molar-refractivity contribution < 1.29 is 9.84 Å². The number of benzene rings is 1. The van der Waals surface area contributed by atoms with Crippen LogP contribution in [0.15, 0.2) is 24.3 Å². The van der Waals surface area contributed by atoms with Crippen molar-refractivity contribution in [1.29, 1.82) is 0 Å². The highest BCUT2D eigenvalue weighted by Crippen LogP contribution is 2.18. The van der Waals surface area contributed by atoms with E-state index in [9.17, 15) is 0 Å². The predicted molar refractivity (Wildman–Crippen MR) is 64.2 cm³/mol. The molecule has 0 aromatic heterocycles. The molecule has 1 rings (SSSR count). The van der Waals surface area contributed by atoms with Crippen LogP contribution >= 0.6 is 0 Å². The van der Waals surface area contributed by atoms with E-state index in [4.69, 9.17) is 21.3 Å². The first-order chi connectivity index (χ1) is 7.54. The Bertz CT molecular complexity index is 311. The SMILES string of the molecule is CC(C)Oc1ccc(C(N)C(N)CO)cc1. The van der Waals surface area contributed by atoms with Crippen LogP contribution < -0.4 is 16.2 Å². The largest absolute Gasteiger partial charge is 0.491 e. The number of aliphatic hydroxyl groups is 1. The molecule has 0 heterocycles. The number of hydrogen-bond acceptors (Lipinski definition) is 4. The van der Waals surface area contributed by atoms with Crippen LogP contribution in [0.2, 0.25) is 0 Å². The van der Waals surface area contributed by atoms with Gasteiger partial charge in [-0.15, -0.1) is 0 Å². The zero-order chi connectivity index (χ0) is 12.1. The van der Waals surface area contributed by atoms with Gasteiger partial charge in [-0.05, 0) is 31.5 Å². The van der Waals surface area contributed by atoms with Crippen LogP contribution in [0.4, 0.5) is 0 Å². The first kappa shape index (κ1) is 13.0. The second-order valence-electron chi connectivity index (χ2n) is 4.11. The molecule has 0 spiro atoms. The van der Waals surface area contributed by atoms with Gasteiger partial charge in [0.2, 0.25) is 0 Å². The summed E-state index contributed by atoms with van der Waals surface area (Å²) in [5.41, 5.74) is 12.4. The Kier molecular flexibility index (Phi) is 4.73. The van der Waals surface area contributed by atoms with E-state index >= 15 is 0 Å². The second-order valence-corrected chi connectivity index (χ2v) is 4.11. The summed E-state index contributed by atoms with van der Waals surface area (Å²) in [6.45, 7) is 3.83. The molecule has 0 aliphatic heterocycles. The van der Waals surface area contributed by atoms with Crippen molar-refractivity contribution in [2.75, 3.05) is 6.61 Å². The van der Waals surface area contributed by atoms with Crippen LogP contribution in [0, 0.1) is 0 Å². The second kappa shape index (κ2) is 5.84. The fourth-order valence-corrected chi connectivity index (χ4v) is 1.40. The molecule has 90 valence electrons. The van der Waals surface area contributed by atoms with Crippen molar-refractivity contribution in [3.8, 4) is 5.75 Å². The lowest BCUT2D eigenvalue weighted by Crippen LogP contribution is -2.37. The Morgan fingerprint density at radius 3 is 2.19 bits per heavy atom. The van der Waals surface area contributed by atoms with Gasteiger partial charge in [0.15, 0.2) is 0 Å². The van der Waals surface area contributed by atoms with Gasteiger partial charge >= 0.3 is 0 Å². The summed E-state index contributed by atoms with van der Waals surface area (Å²) in [7, 11) is 0. The number of nitrogens with two attached hydrogens (primary N) is 2. The molecular formula is C12H20N2O2. The molecule has 5 N–H and O–H groups in total. The molecule has 4 heteroatoms. The molecule has 0 saturated heterocycles. The van der Waals surface area contributed by atoms with Gasteiger partial charge in [0.25, 0.3) is 0 Å². The van der Waals surface area contributed by atoms with Crippen molar-refractivity contribution in [2.45, 2.75) is 32.0 Å². The Morgan fingerprint density at radius 2 is 1.75 bits per heavy atom. The van der Waals surface area contributed by atoms with Crippen LogP contribution in [0.3, 0.4) is 0 Å². The molecule has 0 amide bonds. The lowest BCUT2D eigenvalue weighted by Gasteiger charge is -2.18. The lowest BCUT2D eigenvalue weighted by molar-refractivity contribution is 0.242. The third-order valence-corrected chi connectivity index (χ3v) is 2.31. The Labute approximate surface area is 96.2 Å². The third-order valence-electron chi connectivity index (χ3n) is 2.31. The van der Waals surface area contributed by atoms with Gasteiger partial charge < -0.3 is 21.3 Å². The maximum Gasteiger partial charge on any atom is 0.119 e. The van der Waals surface area contributed by atoms with Gasteiger partial charge in [0.1, 0.15) is 5.75 Å². The molecule has 2 unspecified atom stereocenters. The summed E-state index contributed by atoms with van der Waals surface area (Å²) in [6.07, 6.45) is 0.152. The summed E-state index contributed by atoms with van der Waals surface area (Å²) in [5.74, 6) is 0.809. The molecule has 0 radical (unpaired) electrons. The van der Waals surface area contributed by atoms with Crippen LogP contribution in [0.1, 0.15) is 25.5 Å². The van der Waals surface area contributed by atoms with Crippen LogP contribution in [0.5, 0.6) is 5.75 Å². The quantitative estimate of drug-likeness (QED) is 0.690. The highest BCUT2D eigenvalue weighted by atomic mass is 16.5. The highest BCUT2D eigenvalue weighted by molar-refractivity contribution is 5.29. The third kappa shape index (κ3) is 3.48. The van der Waals surface area contributed by atoms with E-state index < -0.39 is 6.04 Å². The van der Waals surface area contributed by atoms with Crippen molar-refractivity contribution >= 4 is 0 Å². The number of rotatable bonds is 5. The molecule has 0 aliphatic carbocycles. The molecule has 4 nitrogen and oxygen atoms in total. The number of ether oxygens (including phenoxy) is 1. The van der Waals surface area contributed by atoms with Gasteiger partial charge in [-0.1, -0.05) is 12.1 Å². The molecule has 0 aliphatic rings. The fraction of sp³-hybridized carbons (Fsp3) is 0.500. The van der Waals surface area contributed by atoms with E-state index in [1.165, 1.54) is 0 Å². The smallest absolute Gasteiger partial charge is 0.119 e. The maximum atomic E-state index is 8.91. The number of hydrogen-bond donors (Lipinski definition) is 3. The number of aliphatic hydroxyl groups excluding tert-OH is 1. The van der Waals surface area contributed by atoms with Crippen molar-refractivity contribution in [3.63, 3.8) is 0 Å². The first-order valence-corrected chi connectivity index (χ1v) is 5.43. The van der Waals surface area contributed by atoms with Gasteiger partial charge in [-0.3, -0.25) is 0 Å². The average molecular weight is 224 g/mol. The summed E-state index contributed by atoms with van der Waals surface area (Å²) < 4.78 is 5.51. The van der Waals surface area contributed by atoms with Gasteiger partial charge in [0.05, 0.1) is 12.7 Å². The Balaban J connectivity index is 2.70. The topological polar surface area (TPSA) is 81.5 Å². The van der Waals surface area contributed by atoms with E-state index in [2.05, 4.69) is 0 Å². The van der Waals surface area contributed by atoms with Crippen molar-refractivity contribution in [2.24, 2.45) is 11.5 Å². The van der Waals surface area contributed by atoms with Crippen molar-refractivity contribution in [1.82, 2.24) is 0 Å². The molecule has 0 bridgehead atoms. The Morgan fingerprint density at radius 1 is 1.19 bits per heavy atom. The zero-order valence-electron chi connectivity index (χ0n) is 9.76. The maximum absolute atomic E-state index is 8.91. The van der Waals surface area contributed by atoms with Gasteiger partial charge in [0, 0.05) is 12.1 Å². The van der Waals surface area contributed by atoms with E-state index in [0.717, 1.165) is 11.3 Å². The molecule has 2 atom stereocenters.